The molecule has 0 spiro atoms. The van der Waals surface area contributed by atoms with Crippen LogP contribution in [0.25, 0.3) is 0 Å². The third kappa shape index (κ3) is 3.71. The molecule has 1 aromatic heterocycles. The highest BCUT2D eigenvalue weighted by atomic mass is 19.4. The largest absolute Gasteiger partial charge is 0.437 e. The monoisotopic (exact) mass is 263 g/mol. The fourth-order valence-electron chi connectivity index (χ4n) is 1.95. The molecule has 3 nitrogen and oxygen atoms in total. The topological polar surface area (TPSA) is 30.7 Å². The molecule has 0 saturated heterocycles. The highest BCUT2D eigenvalue weighted by Crippen LogP contribution is 2.33. The lowest BCUT2D eigenvalue weighted by atomic mass is 10.1. The molecule has 0 radical (unpaired) electrons. The van der Waals surface area contributed by atoms with Crippen molar-refractivity contribution in [2.75, 3.05) is 0 Å². The molecule has 0 aliphatic heterocycles. The van der Waals surface area contributed by atoms with Gasteiger partial charge in [0.15, 0.2) is 5.69 Å². The van der Waals surface area contributed by atoms with Crippen LogP contribution in [0.3, 0.4) is 0 Å². The van der Waals surface area contributed by atoms with Gasteiger partial charge < -0.3 is 0 Å². The van der Waals surface area contributed by atoms with Crippen LogP contribution in [0.4, 0.5) is 13.2 Å². The van der Waals surface area contributed by atoms with Gasteiger partial charge in [-0.15, -0.1) is 5.10 Å². The minimum atomic E-state index is -4.42. The van der Waals surface area contributed by atoms with E-state index < -0.39 is 11.9 Å². The maximum absolute atomic E-state index is 12.7. The summed E-state index contributed by atoms with van der Waals surface area (Å²) in [5.41, 5.74) is -0.646. The zero-order chi connectivity index (χ0) is 13.8. The molecule has 1 heterocycles. The molecule has 0 bridgehead atoms. The summed E-state index contributed by atoms with van der Waals surface area (Å²) < 4.78 is 39.7. The first kappa shape index (κ1) is 15.0. The number of alkyl halides is 3. The molecule has 0 aliphatic carbocycles. The molecular weight excluding hydrogens is 243 g/mol. The van der Waals surface area contributed by atoms with Gasteiger partial charge in [0.05, 0.1) is 5.69 Å². The molecule has 0 atom stereocenters. The van der Waals surface area contributed by atoms with Crippen molar-refractivity contribution in [3.8, 4) is 0 Å². The smallest absolute Gasteiger partial charge is 0.249 e. The average molecular weight is 263 g/mol. The number of hydrogen-bond acceptors (Lipinski definition) is 2. The lowest BCUT2D eigenvalue weighted by molar-refractivity contribution is -0.142. The molecule has 0 aliphatic rings. The molecule has 0 aromatic carbocycles. The Labute approximate surface area is 105 Å². The minimum Gasteiger partial charge on any atom is -0.249 e. The van der Waals surface area contributed by atoms with Crippen LogP contribution in [0, 0.1) is 0 Å². The van der Waals surface area contributed by atoms with Gasteiger partial charge in [-0.3, -0.25) is 0 Å². The number of aryl methyl sites for hydroxylation is 1. The first-order valence-electron chi connectivity index (χ1n) is 6.38. The lowest BCUT2D eigenvalue weighted by Gasteiger charge is -2.12. The Bertz CT molecular complexity index is 369. The van der Waals surface area contributed by atoms with Crippen molar-refractivity contribution in [3.63, 3.8) is 0 Å². The fraction of sp³-hybridized carbons (Fsp3) is 0.833. The summed E-state index contributed by atoms with van der Waals surface area (Å²) in [6.07, 6.45) is -0.370. The maximum Gasteiger partial charge on any atom is 0.437 e. The van der Waals surface area contributed by atoms with Crippen molar-refractivity contribution in [1.29, 1.82) is 0 Å². The van der Waals surface area contributed by atoms with E-state index in [1.807, 2.05) is 0 Å². The molecule has 1 rings (SSSR count). The molecule has 18 heavy (non-hydrogen) atoms. The summed E-state index contributed by atoms with van der Waals surface area (Å²) in [6.45, 7) is 6.07. The predicted molar refractivity (Wildman–Crippen MR) is 63.3 cm³/mol. The normalized spacial score (nSPS) is 12.4. The van der Waals surface area contributed by atoms with E-state index in [1.165, 1.54) is 4.68 Å². The Balaban J connectivity index is 2.83. The summed E-state index contributed by atoms with van der Waals surface area (Å²) in [4.78, 5) is 0. The summed E-state index contributed by atoms with van der Waals surface area (Å²) in [5, 5.41) is 6.94. The van der Waals surface area contributed by atoms with Crippen molar-refractivity contribution >= 4 is 0 Å². The Morgan fingerprint density at radius 3 is 2.33 bits per heavy atom. The Hall–Kier alpha value is -1.07. The third-order valence-corrected chi connectivity index (χ3v) is 2.81. The average Bonchev–Trinajstić information content (AvgIpc) is 2.67. The minimum absolute atomic E-state index is 0.194. The van der Waals surface area contributed by atoms with E-state index in [4.69, 9.17) is 0 Å². The van der Waals surface area contributed by atoms with Crippen molar-refractivity contribution in [1.82, 2.24) is 15.0 Å². The highest BCUT2D eigenvalue weighted by Gasteiger charge is 2.39. The van der Waals surface area contributed by atoms with Gasteiger partial charge in [0.2, 0.25) is 0 Å². The van der Waals surface area contributed by atoms with Gasteiger partial charge in [0, 0.05) is 6.54 Å². The number of halogens is 3. The first-order valence-corrected chi connectivity index (χ1v) is 6.38. The van der Waals surface area contributed by atoms with E-state index in [2.05, 4.69) is 17.2 Å². The molecule has 1 aromatic rings. The second-order valence-corrected chi connectivity index (χ2v) is 4.76. The van der Waals surface area contributed by atoms with Crippen molar-refractivity contribution in [3.05, 3.63) is 11.4 Å². The molecule has 0 unspecified atom stereocenters. The second-order valence-electron chi connectivity index (χ2n) is 4.76. The van der Waals surface area contributed by atoms with Gasteiger partial charge in [0.1, 0.15) is 0 Å². The Morgan fingerprint density at radius 1 is 1.17 bits per heavy atom. The van der Waals surface area contributed by atoms with Crippen LogP contribution in [-0.4, -0.2) is 15.0 Å². The molecule has 0 saturated carbocycles. The number of hydrogen-bond donors (Lipinski definition) is 0. The van der Waals surface area contributed by atoms with Gasteiger partial charge in [0.25, 0.3) is 0 Å². The summed E-state index contributed by atoms with van der Waals surface area (Å²) >= 11 is 0. The molecular formula is C12H20F3N3. The van der Waals surface area contributed by atoms with E-state index >= 15 is 0 Å². The zero-order valence-electron chi connectivity index (χ0n) is 11.1. The van der Waals surface area contributed by atoms with E-state index in [1.54, 1.807) is 13.8 Å². The lowest BCUT2D eigenvalue weighted by Crippen LogP contribution is -2.13. The summed E-state index contributed by atoms with van der Waals surface area (Å²) in [7, 11) is 0. The Morgan fingerprint density at radius 2 is 1.83 bits per heavy atom. The number of unbranched alkanes of at least 4 members (excludes halogenated alkanes) is 3. The fourth-order valence-corrected chi connectivity index (χ4v) is 1.95. The first-order chi connectivity index (χ1) is 8.38. The number of nitrogens with zero attached hydrogens (tertiary/aromatic N) is 3. The number of aromatic nitrogens is 3. The quantitative estimate of drug-likeness (QED) is 0.726. The van der Waals surface area contributed by atoms with Crippen LogP contribution in [0.5, 0.6) is 0 Å². The van der Waals surface area contributed by atoms with Gasteiger partial charge >= 0.3 is 6.18 Å². The highest BCUT2D eigenvalue weighted by molar-refractivity contribution is 5.17. The van der Waals surface area contributed by atoms with Gasteiger partial charge in [-0.05, 0) is 12.3 Å². The standard InChI is InChI=1S/C12H20F3N3/c1-4-5-6-7-8-18-10(9(2)3)11(16-17-18)12(13,14)15/h9H,4-8H2,1-3H3. The molecule has 104 valence electrons. The third-order valence-electron chi connectivity index (χ3n) is 2.81. The maximum atomic E-state index is 12.7. The number of rotatable bonds is 6. The van der Waals surface area contributed by atoms with Crippen LogP contribution in [0.2, 0.25) is 0 Å². The van der Waals surface area contributed by atoms with Crippen LogP contribution < -0.4 is 0 Å². The molecule has 0 amide bonds. The van der Waals surface area contributed by atoms with Crippen LogP contribution in [0.1, 0.15) is 63.8 Å². The summed E-state index contributed by atoms with van der Waals surface area (Å²) in [5.74, 6) is -0.234. The molecule has 0 fully saturated rings. The molecule has 0 N–H and O–H groups in total. The van der Waals surface area contributed by atoms with Gasteiger partial charge in [-0.2, -0.15) is 13.2 Å². The zero-order valence-corrected chi connectivity index (χ0v) is 11.1. The van der Waals surface area contributed by atoms with E-state index in [0.717, 1.165) is 25.7 Å². The molecule has 6 heteroatoms. The Kier molecular flexibility index (Phi) is 5.16. The van der Waals surface area contributed by atoms with E-state index in [0.29, 0.717) is 6.54 Å². The van der Waals surface area contributed by atoms with Crippen LogP contribution in [-0.2, 0) is 12.7 Å². The van der Waals surface area contributed by atoms with Crippen LogP contribution >= 0.6 is 0 Å². The van der Waals surface area contributed by atoms with Gasteiger partial charge in [-0.1, -0.05) is 45.2 Å². The predicted octanol–water partition coefficient (Wildman–Crippen LogP) is 4.00. The summed E-state index contributed by atoms with van der Waals surface area (Å²) in [6, 6.07) is 0. The van der Waals surface area contributed by atoms with Crippen molar-refractivity contribution in [2.24, 2.45) is 0 Å². The van der Waals surface area contributed by atoms with Crippen molar-refractivity contribution < 1.29 is 13.2 Å². The second kappa shape index (κ2) is 6.20. The SMILES string of the molecule is CCCCCCn1nnc(C(F)(F)F)c1C(C)C. The van der Waals surface area contributed by atoms with Crippen molar-refractivity contribution in [2.45, 2.75) is 65.1 Å². The van der Waals surface area contributed by atoms with E-state index in [9.17, 15) is 13.2 Å². The van der Waals surface area contributed by atoms with Crippen LogP contribution in [0.15, 0.2) is 0 Å². The van der Waals surface area contributed by atoms with E-state index in [-0.39, 0.29) is 11.6 Å². The van der Waals surface area contributed by atoms with Gasteiger partial charge in [-0.25, -0.2) is 4.68 Å².